The first-order chi connectivity index (χ1) is 11.8. The fraction of sp³-hybridized carbons (Fsp3) is 0.267. The Labute approximate surface area is 147 Å². The van der Waals surface area contributed by atoms with Crippen molar-refractivity contribution in [2.45, 2.75) is 20.3 Å². The maximum atomic E-state index is 12.0. The van der Waals surface area contributed by atoms with Crippen molar-refractivity contribution >= 4 is 34.9 Å². The van der Waals surface area contributed by atoms with Crippen molar-refractivity contribution in [3.05, 3.63) is 50.4 Å². The monoisotopic (exact) mass is 367 g/mol. The van der Waals surface area contributed by atoms with Gasteiger partial charge in [0, 0.05) is 11.8 Å². The van der Waals surface area contributed by atoms with Gasteiger partial charge in [-0.3, -0.25) is 14.9 Å². The summed E-state index contributed by atoms with van der Waals surface area (Å²) in [6.07, 6.45) is 0.475. The standard InChI is InChI=1S/C15H14ClN3O6/c1-3-11-14(8(2)25-18-11)15(21)24-7-13(20)17-9-4-5-10(16)12(6-9)19(22)23/h4-6H,3,7H2,1-2H3,(H,17,20). The van der Waals surface area contributed by atoms with Gasteiger partial charge >= 0.3 is 5.97 Å². The van der Waals surface area contributed by atoms with Gasteiger partial charge in [0.25, 0.3) is 11.6 Å². The zero-order valence-electron chi connectivity index (χ0n) is 13.4. The molecule has 0 radical (unpaired) electrons. The van der Waals surface area contributed by atoms with E-state index in [4.69, 9.17) is 20.9 Å². The first-order valence-corrected chi connectivity index (χ1v) is 7.57. The molecule has 10 heteroatoms. The number of aryl methyl sites for hydroxylation is 2. The van der Waals surface area contributed by atoms with Crippen LogP contribution in [-0.4, -0.2) is 28.6 Å². The highest BCUT2D eigenvalue weighted by Gasteiger charge is 2.21. The van der Waals surface area contributed by atoms with Crippen LogP contribution in [0.5, 0.6) is 0 Å². The van der Waals surface area contributed by atoms with E-state index in [1.54, 1.807) is 13.8 Å². The van der Waals surface area contributed by atoms with Crippen molar-refractivity contribution in [3.63, 3.8) is 0 Å². The molecule has 1 amide bonds. The van der Waals surface area contributed by atoms with Crippen LogP contribution in [0.3, 0.4) is 0 Å². The molecule has 0 aliphatic carbocycles. The Hall–Kier alpha value is -2.94. The molecule has 25 heavy (non-hydrogen) atoms. The average molecular weight is 368 g/mol. The Morgan fingerprint density at radius 2 is 2.16 bits per heavy atom. The Bertz CT molecular complexity index is 833. The van der Waals surface area contributed by atoms with Gasteiger partial charge in [-0.15, -0.1) is 0 Å². The number of nitrogens with zero attached hydrogens (tertiary/aromatic N) is 2. The van der Waals surface area contributed by atoms with E-state index < -0.39 is 23.4 Å². The van der Waals surface area contributed by atoms with Crippen molar-refractivity contribution in [1.29, 1.82) is 0 Å². The minimum absolute atomic E-state index is 0.0514. The minimum Gasteiger partial charge on any atom is -0.452 e. The number of anilines is 1. The number of nitrogens with one attached hydrogen (secondary N) is 1. The number of carbonyl (C=O) groups is 2. The third kappa shape index (κ3) is 4.32. The zero-order valence-corrected chi connectivity index (χ0v) is 14.1. The Morgan fingerprint density at radius 3 is 2.80 bits per heavy atom. The van der Waals surface area contributed by atoms with Crippen LogP contribution in [0.1, 0.15) is 28.7 Å². The predicted molar refractivity (Wildman–Crippen MR) is 87.6 cm³/mol. The summed E-state index contributed by atoms with van der Waals surface area (Å²) in [6, 6.07) is 3.80. The van der Waals surface area contributed by atoms with Crippen LogP contribution >= 0.6 is 11.6 Å². The van der Waals surface area contributed by atoms with Crippen molar-refractivity contribution in [1.82, 2.24) is 5.16 Å². The molecule has 0 fully saturated rings. The fourth-order valence-electron chi connectivity index (χ4n) is 2.05. The fourth-order valence-corrected chi connectivity index (χ4v) is 2.24. The molecule has 1 N–H and O–H groups in total. The summed E-state index contributed by atoms with van der Waals surface area (Å²) in [5.74, 6) is -1.08. The zero-order chi connectivity index (χ0) is 18.6. The van der Waals surface area contributed by atoms with E-state index in [9.17, 15) is 19.7 Å². The van der Waals surface area contributed by atoms with E-state index in [0.29, 0.717) is 17.9 Å². The molecule has 9 nitrogen and oxygen atoms in total. The van der Waals surface area contributed by atoms with Gasteiger partial charge < -0.3 is 14.6 Å². The number of aromatic nitrogens is 1. The van der Waals surface area contributed by atoms with E-state index in [-0.39, 0.29) is 22.0 Å². The summed E-state index contributed by atoms with van der Waals surface area (Å²) in [5.41, 5.74) is 0.449. The number of nitro groups is 1. The summed E-state index contributed by atoms with van der Waals surface area (Å²) in [7, 11) is 0. The van der Waals surface area contributed by atoms with Gasteiger partial charge in [-0.25, -0.2) is 4.79 Å². The number of hydrogen-bond acceptors (Lipinski definition) is 7. The lowest BCUT2D eigenvalue weighted by Gasteiger charge is -2.07. The normalized spacial score (nSPS) is 10.4. The van der Waals surface area contributed by atoms with Crippen LogP contribution in [-0.2, 0) is 16.0 Å². The summed E-state index contributed by atoms with van der Waals surface area (Å²) in [6.45, 7) is 2.80. The molecule has 0 saturated carbocycles. The number of halogens is 1. The van der Waals surface area contributed by atoms with Gasteiger partial charge in [0.05, 0.1) is 10.6 Å². The number of ether oxygens (including phenoxy) is 1. The smallest absolute Gasteiger partial charge is 0.344 e. The van der Waals surface area contributed by atoms with Gasteiger partial charge in [-0.1, -0.05) is 23.7 Å². The largest absolute Gasteiger partial charge is 0.452 e. The molecule has 0 saturated heterocycles. The number of esters is 1. The second kappa shape index (κ2) is 7.75. The second-order valence-electron chi connectivity index (χ2n) is 4.96. The van der Waals surface area contributed by atoms with Crippen molar-refractivity contribution in [3.8, 4) is 0 Å². The van der Waals surface area contributed by atoms with Gasteiger partial charge in [0.1, 0.15) is 16.3 Å². The van der Waals surface area contributed by atoms with Gasteiger partial charge in [0.2, 0.25) is 0 Å². The number of hydrogen-bond donors (Lipinski definition) is 1. The lowest BCUT2D eigenvalue weighted by molar-refractivity contribution is -0.384. The molecule has 0 aliphatic rings. The number of nitro benzene ring substituents is 1. The highest BCUT2D eigenvalue weighted by atomic mass is 35.5. The van der Waals surface area contributed by atoms with Crippen molar-refractivity contribution in [2.75, 3.05) is 11.9 Å². The molecule has 0 spiro atoms. The Balaban J connectivity index is 1.99. The molecular weight excluding hydrogens is 354 g/mol. The van der Waals surface area contributed by atoms with Crippen LogP contribution in [0.25, 0.3) is 0 Å². The predicted octanol–water partition coefficient (Wildman–Crippen LogP) is 2.90. The van der Waals surface area contributed by atoms with Crippen LogP contribution in [0.2, 0.25) is 5.02 Å². The Morgan fingerprint density at radius 1 is 1.44 bits per heavy atom. The first kappa shape index (κ1) is 18.4. The maximum absolute atomic E-state index is 12.0. The highest BCUT2D eigenvalue weighted by Crippen LogP contribution is 2.27. The number of benzene rings is 1. The highest BCUT2D eigenvalue weighted by molar-refractivity contribution is 6.32. The minimum atomic E-state index is -0.729. The molecule has 132 valence electrons. The van der Waals surface area contributed by atoms with E-state index in [1.165, 1.54) is 12.1 Å². The van der Waals surface area contributed by atoms with E-state index >= 15 is 0 Å². The molecule has 1 aromatic heterocycles. The van der Waals surface area contributed by atoms with Crippen molar-refractivity contribution in [2.24, 2.45) is 0 Å². The molecule has 0 bridgehead atoms. The summed E-state index contributed by atoms with van der Waals surface area (Å²) in [4.78, 5) is 34.1. The second-order valence-corrected chi connectivity index (χ2v) is 5.37. The topological polar surface area (TPSA) is 125 Å². The molecule has 1 heterocycles. The first-order valence-electron chi connectivity index (χ1n) is 7.19. The van der Waals surface area contributed by atoms with Gasteiger partial charge in [-0.2, -0.15) is 0 Å². The van der Waals surface area contributed by atoms with Crippen LogP contribution < -0.4 is 5.32 Å². The van der Waals surface area contributed by atoms with Crippen LogP contribution in [0.4, 0.5) is 11.4 Å². The number of rotatable bonds is 6. The lowest BCUT2D eigenvalue weighted by atomic mass is 10.1. The van der Waals surface area contributed by atoms with E-state index in [2.05, 4.69) is 10.5 Å². The molecule has 0 aliphatic heterocycles. The van der Waals surface area contributed by atoms with Gasteiger partial charge in [-0.05, 0) is 25.5 Å². The number of amides is 1. The van der Waals surface area contributed by atoms with Crippen molar-refractivity contribution < 1.29 is 23.8 Å². The summed E-state index contributed by atoms with van der Waals surface area (Å²) in [5, 5.41) is 16.9. The van der Waals surface area contributed by atoms with E-state index in [0.717, 1.165) is 6.07 Å². The van der Waals surface area contributed by atoms with Crippen LogP contribution in [0.15, 0.2) is 22.7 Å². The molecular formula is C15H14ClN3O6. The third-order valence-corrected chi connectivity index (χ3v) is 3.55. The third-order valence-electron chi connectivity index (χ3n) is 3.23. The van der Waals surface area contributed by atoms with Crippen LogP contribution in [0, 0.1) is 17.0 Å². The summed E-state index contributed by atoms with van der Waals surface area (Å²) < 4.78 is 9.86. The molecule has 0 atom stereocenters. The molecule has 1 aromatic carbocycles. The lowest BCUT2D eigenvalue weighted by Crippen LogP contribution is -2.21. The number of carbonyl (C=O) groups excluding carboxylic acids is 2. The molecule has 2 rings (SSSR count). The van der Waals surface area contributed by atoms with E-state index in [1.807, 2.05) is 0 Å². The maximum Gasteiger partial charge on any atom is 0.344 e. The molecule has 0 unspecified atom stereocenters. The average Bonchev–Trinajstić information content (AvgIpc) is 2.95. The summed E-state index contributed by atoms with van der Waals surface area (Å²) >= 11 is 5.69. The SMILES string of the molecule is CCc1noc(C)c1C(=O)OCC(=O)Nc1ccc(Cl)c([N+](=O)[O-])c1. The van der Waals surface area contributed by atoms with Gasteiger partial charge in [0.15, 0.2) is 6.61 Å². The molecule has 2 aromatic rings. The quantitative estimate of drug-likeness (QED) is 0.472. The Kier molecular flexibility index (Phi) is 5.71.